The average Bonchev–Trinajstić information content (AvgIpc) is 2.49. The average molecular weight is 358 g/mol. The maximum absolute atomic E-state index is 12.7. The number of rotatable bonds is 11. The maximum Gasteiger partial charge on any atom is 0.246 e. The van der Waals surface area contributed by atoms with Crippen molar-refractivity contribution in [1.82, 2.24) is 4.90 Å². The van der Waals surface area contributed by atoms with E-state index in [0.717, 1.165) is 6.42 Å². The predicted octanol–water partition coefficient (Wildman–Crippen LogP) is 1.89. The summed E-state index contributed by atoms with van der Waals surface area (Å²) in [5.74, 6) is 0.0297. The SMILES string of the molecule is CC[C@H](C)CN(C(=O)C[C@H](O)[C@@H](N)CC(C)C)C(=O)[C@@H](N)CC(C)C. The summed E-state index contributed by atoms with van der Waals surface area (Å²) >= 11 is 0. The number of amides is 2. The zero-order valence-corrected chi connectivity index (χ0v) is 16.9. The summed E-state index contributed by atoms with van der Waals surface area (Å²) in [6, 6.07) is -1.18. The molecule has 6 nitrogen and oxygen atoms in total. The topological polar surface area (TPSA) is 110 Å². The molecule has 148 valence electrons. The highest BCUT2D eigenvalue weighted by Crippen LogP contribution is 2.14. The summed E-state index contributed by atoms with van der Waals surface area (Å²) in [5, 5.41) is 10.2. The van der Waals surface area contributed by atoms with Crippen LogP contribution in [0.1, 0.15) is 67.2 Å². The number of aliphatic hydroxyl groups is 1. The molecule has 0 aromatic rings. The minimum atomic E-state index is -0.955. The lowest BCUT2D eigenvalue weighted by atomic mass is 9.97. The Bertz CT molecular complexity index is 413. The van der Waals surface area contributed by atoms with Gasteiger partial charge >= 0.3 is 0 Å². The standard InChI is InChI=1S/C19H39N3O3/c1-7-14(6)11-22(19(25)16(21)9-13(4)5)18(24)10-17(23)15(20)8-12(2)3/h12-17,23H,7-11,20-21H2,1-6H3/t14-,15-,16-,17-/m0/s1. The number of imide groups is 1. The van der Waals surface area contributed by atoms with E-state index >= 15 is 0 Å². The molecule has 25 heavy (non-hydrogen) atoms. The Hall–Kier alpha value is -0.980. The zero-order valence-electron chi connectivity index (χ0n) is 16.9. The molecule has 0 bridgehead atoms. The van der Waals surface area contributed by atoms with Gasteiger partial charge in [0.05, 0.1) is 18.6 Å². The molecule has 0 rings (SSSR count). The molecule has 0 saturated carbocycles. The van der Waals surface area contributed by atoms with Crippen LogP contribution in [-0.2, 0) is 9.59 Å². The molecule has 0 spiro atoms. The van der Waals surface area contributed by atoms with E-state index < -0.39 is 24.1 Å². The molecule has 0 saturated heterocycles. The fraction of sp³-hybridized carbons (Fsp3) is 0.895. The third kappa shape index (κ3) is 9.33. The van der Waals surface area contributed by atoms with E-state index in [4.69, 9.17) is 11.5 Å². The van der Waals surface area contributed by atoms with E-state index in [1.54, 1.807) is 0 Å². The van der Waals surface area contributed by atoms with E-state index in [0.29, 0.717) is 25.3 Å². The summed E-state index contributed by atoms with van der Waals surface area (Å²) in [5.41, 5.74) is 12.0. The molecule has 0 radical (unpaired) electrons. The molecule has 0 unspecified atom stereocenters. The molecule has 2 amide bonds. The van der Waals surface area contributed by atoms with E-state index in [1.807, 2.05) is 41.5 Å². The molecule has 5 N–H and O–H groups in total. The van der Waals surface area contributed by atoms with Gasteiger partial charge in [-0.1, -0.05) is 48.0 Å². The molecular formula is C19H39N3O3. The van der Waals surface area contributed by atoms with Crippen molar-refractivity contribution in [1.29, 1.82) is 0 Å². The second kappa shape index (κ2) is 11.6. The van der Waals surface area contributed by atoms with Gasteiger partial charge in [-0.3, -0.25) is 14.5 Å². The van der Waals surface area contributed by atoms with Crippen molar-refractivity contribution in [3.8, 4) is 0 Å². The van der Waals surface area contributed by atoms with Gasteiger partial charge in [-0.05, 0) is 30.6 Å². The Labute approximate surface area is 153 Å². The van der Waals surface area contributed by atoms with Crippen LogP contribution in [0.3, 0.4) is 0 Å². The molecule has 4 atom stereocenters. The summed E-state index contributed by atoms with van der Waals surface area (Å²) in [7, 11) is 0. The van der Waals surface area contributed by atoms with E-state index in [2.05, 4.69) is 0 Å². The second-order valence-corrected chi connectivity index (χ2v) is 8.16. The summed E-state index contributed by atoms with van der Waals surface area (Å²) in [6.07, 6.45) is 0.902. The molecule has 0 aliphatic heterocycles. The maximum atomic E-state index is 12.7. The van der Waals surface area contributed by atoms with Gasteiger partial charge in [-0.2, -0.15) is 0 Å². The third-order valence-corrected chi connectivity index (χ3v) is 4.42. The first-order chi connectivity index (χ1) is 11.5. The molecule has 6 heteroatoms. The molecule has 0 aromatic carbocycles. The van der Waals surface area contributed by atoms with Crippen molar-refractivity contribution in [2.75, 3.05) is 6.54 Å². The van der Waals surface area contributed by atoms with Crippen LogP contribution in [0.25, 0.3) is 0 Å². The molecule has 0 fully saturated rings. The molecule has 0 aliphatic carbocycles. The highest BCUT2D eigenvalue weighted by molar-refractivity contribution is 5.98. The second-order valence-electron chi connectivity index (χ2n) is 8.16. The van der Waals surface area contributed by atoms with Crippen LogP contribution in [-0.4, -0.2) is 46.6 Å². The number of carbonyl (C=O) groups excluding carboxylic acids is 2. The van der Waals surface area contributed by atoms with Crippen LogP contribution in [0.5, 0.6) is 0 Å². The van der Waals surface area contributed by atoms with Crippen molar-refractivity contribution >= 4 is 11.8 Å². The van der Waals surface area contributed by atoms with Crippen molar-refractivity contribution in [3.63, 3.8) is 0 Å². The minimum Gasteiger partial charge on any atom is -0.391 e. The van der Waals surface area contributed by atoms with Gasteiger partial charge in [0.15, 0.2) is 0 Å². The largest absolute Gasteiger partial charge is 0.391 e. The monoisotopic (exact) mass is 357 g/mol. The first kappa shape index (κ1) is 24.0. The first-order valence-corrected chi connectivity index (χ1v) is 9.52. The fourth-order valence-corrected chi connectivity index (χ4v) is 2.71. The summed E-state index contributed by atoms with van der Waals surface area (Å²) < 4.78 is 0. The zero-order chi connectivity index (χ0) is 19.7. The number of carbonyl (C=O) groups is 2. The normalized spacial score (nSPS) is 16.6. The van der Waals surface area contributed by atoms with Crippen LogP contribution in [0.15, 0.2) is 0 Å². The first-order valence-electron chi connectivity index (χ1n) is 9.52. The van der Waals surface area contributed by atoms with Crippen molar-refractivity contribution < 1.29 is 14.7 Å². The van der Waals surface area contributed by atoms with E-state index in [1.165, 1.54) is 4.90 Å². The van der Waals surface area contributed by atoms with E-state index in [9.17, 15) is 14.7 Å². The lowest BCUT2D eigenvalue weighted by Gasteiger charge is -2.29. The van der Waals surface area contributed by atoms with Gasteiger partial charge in [0.25, 0.3) is 0 Å². The Morgan fingerprint density at radius 2 is 1.52 bits per heavy atom. The fourth-order valence-electron chi connectivity index (χ4n) is 2.71. The number of hydrogen-bond acceptors (Lipinski definition) is 5. The Morgan fingerprint density at radius 3 is 1.96 bits per heavy atom. The summed E-state index contributed by atoms with van der Waals surface area (Å²) in [6.45, 7) is 12.3. The summed E-state index contributed by atoms with van der Waals surface area (Å²) in [4.78, 5) is 26.6. The highest BCUT2D eigenvalue weighted by atomic mass is 16.3. The third-order valence-electron chi connectivity index (χ3n) is 4.42. The van der Waals surface area contributed by atoms with Gasteiger partial charge < -0.3 is 16.6 Å². The Morgan fingerprint density at radius 1 is 1.00 bits per heavy atom. The van der Waals surface area contributed by atoms with Crippen molar-refractivity contribution in [3.05, 3.63) is 0 Å². The molecule has 0 heterocycles. The number of nitrogens with two attached hydrogens (primary N) is 2. The Balaban J connectivity index is 5.07. The van der Waals surface area contributed by atoms with Crippen LogP contribution in [0, 0.1) is 17.8 Å². The predicted molar refractivity (Wildman–Crippen MR) is 102 cm³/mol. The molecule has 0 aromatic heterocycles. The van der Waals surface area contributed by atoms with E-state index in [-0.39, 0.29) is 24.2 Å². The molecular weight excluding hydrogens is 318 g/mol. The van der Waals surface area contributed by atoms with Gasteiger partial charge in [-0.15, -0.1) is 0 Å². The number of aliphatic hydroxyl groups excluding tert-OH is 1. The van der Waals surface area contributed by atoms with Crippen LogP contribution in [0.2, 0.25) is 0 Å². The van der Waals surface area contributed by atoms with Crippen LogP contribution >= 0.6 is 0 Å². The van der Waals surface area contributed by atoms with Crippen LogP contribution < -0.4 is 11.5 Å². The molecule has 0 aliphatic rings. The lowest BCUT2D eigenvalue weighted by Crippen LogP contribution is -2.50. The van der Waals surface area contributed by atoms with Crippen molar-refractivity contribution in [2.24, 2.45) is 29.2 Å². The highest BCUT2D eigenvalue weighted by Gasteiger charge is 2.30. The minimum absolute atomic E-state index is 0.148. The number of hydrogen-bond donors (Lipinski definition) is 3. The van der Waals surface area contributed by atoms with Gasteiger partial charge in [0.1, 0.15) is 0 Å². The van der Waals surface area contributed by atoms with Crippen LogP contribution in [0.4, 0.5) is 0 Å². The smallest absolute Gasteiger partial charge is 0.246 e. The Kier molecular flexibility index (Phi) is 11.1. The number of nitrogens with zero attached hydrogens (tertiary/aromatic N) is 1. The van der Waals surface area contributed by atoms with Gasteiger partial charge in [0.2, 0.25) is 11.8 Å². The lowest BCUT2D eigenvalue weighted by molar-refractivity contribution is -0.148. The van der Waals surface area contributed by atoms with Gasteiger partial charge in [-0.25, -0.2) is 0 Å². The van der Waals surface area contributed by atoms with Gasteiger partial charge in [0, 0.05) is 12.6 Å². The van der Waals surface area contributed by atoms with Crippen molar-refractivity contribution in [2.45, 2.75) is 85.4 Å². The quantitative estimate of drug-likeness (QED) is 0.523.